The second kappa shape index (κ2) is 4.75. The molecule has 17 heavy (non-hydrogen) atoms. The molecule has 0 atom stereocenters. The van der Waals surface area contributed by atoms with Crippen molar-refractivity contribution in [1.82, 2.24) is 9.97 Å². The second-order valence-electron chi connectivity index (χ2n) is 5.09. The zero-order chi connectivity index (χ0) is 12.3. The van der Waals surface area contributed by atoms with Crippen LogP contribution in [0.4, 0.5) is 5.95 Å². The lowest BCUT2D eigenvalue weighted by Gasteiger charge is -2.23. The first-order chi connectivity index (χ1) is 8.11. The van der Waals surface area contributed by atoms with Gasteiger partial charge in [-0.1, -0.05) is 26.0 Å². The highest BCUT2D eigenvalue weighted by atomic mass is 16.3. The molecule has 92 valence electrons. The Bertz CT molecular complexity index is 457. The number of benzene rings is 1. The average molecular weight is 233 g/mol. The molecule has 0 aliphatic carbocycles. The maximum Gasteiger partial charge on any atom is 0.201 e. The van der Waals surface area contributed by atoms with E-state index in [4.69, 9.17) is 5.11 Å². The number of para-hydroxylation sites is 2. The number of aromatic nitrogens is 2. The molecule has 2 rings (SSSR count). The molecule has 0 unspecified atom stereocenters. The van der Waals surface area contributed by atoms with E-state index in [1.54, 1.807) is 0 Å². The number of aliphatic hydroxyl groups is 1. The molecule has 0 spiro atoms. The van der Waals surface area contributed by atoms with Crippen molar-refractivity contribution in [2.24, 2.45) is 5.41 Å². The summed E-state index contributed by atoms with van der Waals surface area (Å²) < 4.78 is 0. The lowest BCUT2D eigenvalue weighted by Crippen LogP contribution is -2.24. The van der Waals surface area contributed by atoms with Gasteiger partial charge in [-0.05, 0) is 24.0 Å². The Balaban J connectivity index is 2.04. The topological polar surface area (TPSA) is 60.9 Å². The van der Waals surface area contributed by atoms with Gasteiger partial charge in [0.1, 0.15) is 0 Å². The van der Waals surface area contributed by atoms with Crippen LogP contribution in [-0.2, 0) is 0 Å². The van der Waals surface area contributed by atoms with Gasteiger partial charge in [-0.3, -0.25) is 0 Å². The number of hydrogen-bond acceptors (Lipinski definition) is 3. The van der Waals surface area contributed by atoms with E-state index in [0.29, 0.717) is 0 Å². The highest BCUT2D eigenvalue weighted by Gasteiger charge is 2.17. The second-order valence-corrected chi connectivity index (χ2v) is 5.09. The maximum absolute atomic E-state index is 8.96. The van der Waals surface area contributed by atoms with Gasteiger partial charge in [-0.2, -0.15) is 0 Å². The Morgan fingerprint density at radius 1 is 1.35 bits per heavy atom. The van der Waals surface area contributed by atoms with Gasteiger partial charge in [0.2, 0.25) is 5.95 Å². The summed E-state index contributed by atoms with van der Waals surface area (Å²) in [5, 5.41) is 12.2. The number of imidazole rings is 1. The summed E-state index contributed by atoms with van der Waals surface area (Å²) in [4.78, 5) is 7.67. The zero-order valence-electron chi connectivity index (χ0n) is 10.3. The number of nitrogens with zero attached hydrogens (tertiary/aromatic N) is 1. The molecule has 0 aliphatic heterocycles. The van der Waals surface area contributed by atoms with Gasteiger partial charge < -0.3 is 15.4 Å². The SMILES string of the molecule is CC(C)(CCO)CNc1nc2ccccc2[nH]1. The van der Waals surface area contributed by atoms with E-state index < -0.39 is 0 Å². The summed E-state index contributed by atoms with van der Waals surface area (Å²) in [6, 6.07) is 7.95. The highest BCUT2D eigenvalue weighted by molar-refractivity contribution is 5.77. The summed E-state index contributed by atoms with van der Waals surface area (Å²) >= 11 is 0. The minimum Gasteiger partial charge on any atom is -0.396 e. The molecule has 0 saturated heterocycles. The molecular weight excluding hydrogens is 214 g/mol. The molecule has 1 aromatic carbocycles. The third-order valence-electron chi connectivity index (χ3n) is 2.91. The fourth-order valence-electron chi connectivity index (χ4n) is 1.75. The molecule has 2 aromatic rings. The molecule has 0 fully saturated rings. The standard InChI is InChI=1S/C13H19N3O/c1-13(2,7-8-17)9-14-12-15-10-5-3-4-6-11(10)16-12/h3-6,17H,7-9H2,1-2H3,(H2,14,15,16). The van der Waals surface area contributed by atoms with Gasteiger partial charge in [0.25, 0.3) is 0 Å². The number of anilines is 1. The summed E-state index contributed by atoms with van der Waals surface area (Å²) in [5.74, 6) is 0.789. The quantitative estimate of drug-likeness (QED) is 0.743. The molecule has 1 aromatic heterocycles. The molecule has 1 heterocycles. The van der Waals surface area contributed by atoms with Crippen LogP contribution in [0.15, 0.2) is 24.3 Å². The van der Waals surface area contributed by atoms with Crippen LogP contribution in [0, 0.1) is 5.41 Å². The van der Waals surface area contributed by atoms with Crippen molar-refractivity contribution < 1.29 is 5.11 Å². The first-order valence-corrected chi connectivity index (χ1v) is 5.90. The van der Waals surface area contributed by atoms with E-state index in [-0.39, 0.29) is 12.0 Å². The van der Waals surface area contributed by atoms with Crippen molar-refractivity contribution in [3.8, 4) is 0 Å². The summed E-state index contributed by atoms with van der Waals surface area (Å²) in [7, 11) is 0. The Kier molecular flexibility index (Phi) is 3.33. The van der Waals surface area contributed by atoms with Crippen molar-refractivity contribution in [1.29, 1.82) is 0 Å². The first-order valence-electron chi connectivity index (χ1n) is 5.90. The van der Waals surface area contributed by atoms with Crippen molar-refractivity contribution >= 4 is 17.0 Å². The van der Waals surface area contributed by atoms with Gasteiger partial charge >= 0.3 is 0 Å². The number of rotatable bonds is 5. The predicted octanol–water partition coefficient (Wildman–Crippen LogP) is 2.38. The van der Waals surface area contributed by atoms with Crippen LogP contribution in [0.5, 0.6) is 0 Å². The zero-order valence-corrected chi connectivity index (χ0v) is 10.3. The Morgan fingerprint density at radius 2 is 2.12 bits per heavy atom. The van der Waals surface area contributed by atoms with Crippen molar-refractivity contribution in [2.45, 2.75) is 20.3 Å². The van der Waals surface area contributed by atoms with E-state index in [1.807, 2.05) is 24.3 Å². The van der Waals surface area contributed by atoms with E-state index in [2.05, 4.69) is 29.1 Å². The van der Waals surface area contributed by atoms with Gasteiger partial charge in [0, 0.05) is 13.2 Å². The fourth-order valence-corrected chi connectivity index (χ4v) is 1.75. The van der Waals surface area contributed by atoms with Crippen LogP contribution in [0.25, 0.3) is 11.0 Å². The number of H-pyrrole nitrogens is 1. The largest absolute Gasteiger partial charge is 0.396 e. The van der Waals surface area contributed by atoms with Crippen LogP contribution in [0.1, 0.15) is 20.3 Å². The van der Waals surface area contributed by atoms with E-state index in [1.165, 1.54) is 0 Å². The average Bonchev–Trinajstić information content (AvgIpc) is 2.69. The smallest absolute Gasteiger partial charge is 0.201 e. The maximum atomic E-state index is 8.96. The summed E-state index contributed by atoms with van der Waals surface area (Å²) in [6.45, 7) is 5.25. The van der Waals surface area contributed by atoms with E-state index >= 15 is 0 Å². The molecule has 0 bridgehead atoms. The van der Waals surface area contributed by atoms with Gasteiger partial charge in [-0.25, -0.2) is 4.98 Å². The van der Waals surface area contributed by atoms with Gasteiger partial charge in [0.05, 0.1) is 11.0 Å². The molecule has 0 aliphatic rings. The van der Waals surface area contributed by atoms with E-state index in [9.17, 15) is 0 Å². The van der Waals surface area contributed by atoms with Crippen LogP contribution >= 0.6 is 0 Å². The Hall–Kier alpha value is -1.55. The molecule has 4 heteroatoms. The van der Waals surface area contributed by atoms with E-state index in [0.717, 1.165) is 29.9 Å². The molecular formula is C13H19N3O. The number of aliphatic hydroxyl groups excluding tert-OH is 1. The first kappa shape index (κ1) is 11.9. The number of aromatic amines is 1. The molecule has 3 N–H and O–H groups in total. The number of nitrogens with one attached hydrogen (secondary N) is 2. The van der Waals surface area contributed by atoms with Gasteiger partial charge in [-0.15, -0.1) is 0 Å². The van der Waals surface area contributed by atoms with Crippen molar-refractivity contribution in [3.63, 3.8) is 0 Å². The Morgan fingerprint density at radius 3 is 2.82 bits per heavy atom. The minimum absolute atomic E-state index is 0.0632. The monoisotopic (exact) mass is 233 g/mol. The lowest BCUT2D eigenvalue weighted by atomic mass is 9.90. The van der Waals surface area contributed by atoms with Crippen LogP contribution in [-0.4, -0.2) is 28.2 Å². The van der Waals surface area contributed by atoms with Crippen LogP contribution in [0.2, 0.25) is 0 Å². The highest BCUT2D eigenvalue weighted by Crippen LogP contribution is 2.21. The summed E-state index contributed by atoms with van der Waals surface area (Å²) in [5.41, 5.74) is 2.07. The molecule has 0 radical (unpaired) electrons. The fraction of sp³-hybridized carbons (Fsp3) is 0.462. The van der Waals surface area contributed by atoms with Gasteiger partial charge in [0.15, 0.2) is 0 Å². The Labute approximate surface area is 101 Å². The van der Waals surface area contributed by atoms with Crippen molar-refractivity contribution in [2.75, 3.05) is 18.5 Å². The lowest BCUT2D eigenvalue weighted by molar-refractivity contribution is 0.220. The minimum atomic E-state index is 0.0632. The predicted molar refractivity (Wildman–Crippen MR) is 70.1 cm³/mol. The van der Waals surface area contributed by atoms with Crippen molar-refractivity contribution in [3.05, 3.63) is 24.3 Å². The third kappa shape index (κ3) is 2.97. The third-order valence-corrected chi connectivity index (χ3v) is 2.91. The molecule has 0 amide bonds. The number of hydrogen-bond donors (Lipinski definition) is 3. The normalized spacial score (nSPS) is 11.9. The summed E-state index contributed by atoms with van der Waals surface area (Å²) in [6.07, 6.45) is 0.778. The van der Waals surface area contributed by atoms with Crippen LogP contribution < -0.4 is 5.32 Å². The molecule has 4 nitrogen and oxygen atoms in total. The molecule has 0 saturated carbocycles. The van der Waals surface area contributed by atoms with Crippen LogP contribution in [0.3, 0.4) is 0 Å². The number of fused-ring (bicyclic) bond motifs is 1.